The molecule has 0 aliphatic carbocycles. The summed E-state index contributed by atoms with van der Waals surface area (Å²) in [6.07, 6.45) is 4.12. The van der Waals surface area contributed by atoms with Gasteiger partial charge in [-0.3, -0.25) is 0 Å². The number of aryl methyl sites for hydroxylation is 4. The highest BCUT2D eigenvalue weighted by Gasteiger charge is 2.00. The molecule has 0 spiro atoms. The third kappa shape index (κ3) is 4.63. The molecule has 2 nitrogen and oxygen atoms in total. The summed E-state index contributed by atoms with van der Waals surface area (Å²) < 4.78 is 0. The topological polar surface area (TPSA) is 52.0 Å². The molecule has 0 unspecified atom stereocenters. The van der Waals surface area contributed by atoms with Crippen molar-refractivity contribution in [1.82, 2.24) is 0 Å². The van der Waals surface area contributed by atoms with Crippen LogP contribution in [0.3, 0.4) is 0 Å². The summed E-state index contributed by atoms with van der Waals surface area (Å²) in [7, 11) is 0. The fraction of sp³-hybridized carbons (Fsp3) is 0.182. The van der Waals surface area contributed by atoms with E-state index in [-0.39, 0.29) is 0 Å². The fourth-order valence-electron chi connectivity index (χ4n) is 2.95. The van der Waals surface area contributed by atoms with E-state index < -0.39 is 0 Å². The fourth-order valence-corrected chi connectivity index (χ4v) is 2.95. The maximum Gasteiger partial charge on any atom is 0.0316 e. The van der Waals surface area contributed by atoms with Crippen LogP contribution in [0.25, 0.3) is 0 Å². The first kappa shape index (κ1) is 16.1. The highest BCUT2D eigenvalue weighted by Crippen LogP contribution is 2.14. The molecule has 0 heterocycles. The van der Waals surface area contributed by atoms with Gasteiger partial charge in [0.25, 0.3) is 0 Å². The molecule has 0 saturated heterocycles. The predicted molar refractivity (Wildman–Crippen MR) is 103 cm³/mol. The van der Waals surface area contributed by atoms with Gasteiger partial charge in [-0.25, -0.2) is 0 Å². The Bertz CT molecular complexity index is 723. The summed E-state index contributed by atoms with van der Waals surface area (Å²) in [5.74, 6) is 0. The zero-order chi connectivity index (χ0) is 16.8. The molecule has 0 amide bonds. The van der Waals surface area contributed by atoms with Crippen molar-refractivity contribution in [2.75, 3.05) is 11.5 Å². The quantitative estimate of drug-likeness (QED) is 0.661. The van der Waals surface area contributed by atoms with Gasteiger partial charge in [0.15, 0.2) is 0 Å². The third-order valence-corrected chi connectivity index (χ3v) is 4.33. The van der Waals surface area contributed by atoms with Crippen molar-refractivity contribution in [3.63, 3.8) is 0 Å². The monoisotopic (exact) mass is 316 g/mol. The number of hydrogen-bond donors (Lipinski definition) is 2. The first-order chi connectivity index (χ1) is 11.7. The zero-order valence-corrected chi connectivity index (χ0v) is 13.9. The van der Waals surface area contributed by atoms with E-state index in [9.17, 15) is 0 Å². The molecule has 3 aromatic rings. The summed E-state index contributed by atoms with van der Waals surface area (Å²) in [4.78, 5) is 0. The number of nitrogen functional groups attached to an aromatic ring is 2. The van der Waals surface area contributed by atoms with Crippen molar-refractivity contribution in [3.8, 4) is 0 Å². The van der Waals surface area contributed by atoms with Gasteiger partial charge in [0.2, 0.25) is 0 Å². The average molecular weight is 316 g/mol. The van der Waals surface area contributed by atoms with Crippen LogP contribution >= 0.6 is 0 Å². The molecule has 0 aromatic heterocycles. The van der Waals surface area contributed by atoms with Crippen LogP contribution in [0.2, 0.25) is 0 Å². The van der Waals surface area contributed by atoms with Crippen LogP contribution in [-0.2, 0) is 25.7 Å². The number of nitrogens with two attached hydrogens (primary N) is 2. The van der Waals surface area contributed by atoms with Crippen molar-refractivity contribution in [2.45, 2.75) is 25.7 Å². The molecule has 0 atom stereocenters. The smallest absolute Gasteiger partial charge is 0.0316 e. The Morgan fingerprint density at radius 3 is 1.21 bits per heavy atom. The second kappa shape index (κ2) is 7.69. The standard InChI is InChI=1S/C22H24N2/c23-21-5-1-3-19(15-21)13-11-17-7-9-18(10-8-17)12-14-20-4-2-6-22(24)16-20/h1-10,15-16H,11-14,23-24H2. The first-order valence-electron chi connectivity index (χ1n) is 8.46. The highest BCUT2D eigenvalue weighted by atomic mass is 14.5. The van der Waals surface area contributed by atoms with Crippen LogP contribution in [0, 0.1) is 0 Å². The lowest BCUT2D eigenvalue weighted by molar-refractivity contribution is 0.940. The minimum absolute atomic E-state index is 0.837. The molecular formula is C22H24N2. The Kier molecular flexibility index (Phi) is 5.17. The molecule has 2 heteroatoms. The minimum Gasteiger partial charge on any atom is -0.399 e. The van der Waals surface area contributed by atoms with Crippen LogP contribution in [0.4, 0.5) is 11.4 Å². The van der Waals surface area contributed by atoms with E-state index in [1.165, 1.54) is 22.3 Å². The Hall–Kier alpha value is -2.74. The van der Waals surface area contributed by atoms with Crippen LogP contribution in [-0.4, -0.2) is 0 Å². The van der Waals surface area contributed by atoms with Gasteiger partial charge in [0, 0.05) is 11.4 Å². The largest absolute Gasteiger partial charge is 0.399 e. The third-order valence-electron chi connectivity index (χ3n) is 4.33. The van der Waals surface area contributed by atoms with Crippen LogP contribution in [0.5, 0.6) is 0 Å². The molecule has 0 bridgehead atoms. The van der Waals surface area contributed by atoms with E-state index in [4.69, 9.17) is 11.5 Å². The Morgan fingerprint density at radius 1 is 0.458 bits per heavy atom. The van der Waals surface area contributed by atoms with E-state index >= 15 is 0 Å². The Morgan fingerprint density at radius 2 is 0.833 bits per heavy atom. The van der Waals surface area contributed by atoms with Crippen LogP contribution < -0.4 is 11.5 Å². The first-order valence-corrected chi connectivity index (χ1v) is 8.46. The van der Waals surface area contributed by atoms with Gasteiger partial charge in [-0.1, -0.05) is 48.5 Å². The average Bonchev–Trinajstić information content (AvgIpc) is 2.59. The van der Waals surface area contributed by atoms with Gasteiger partial charge >= 0.3 is 0 Å². The van der Waals surface area contributed by atoms with Gasteiger partial charge in [-0.15, -0.1) is 0 Å². The maximum absolute atomic E-state index is 5.83. The molecule has 4 N–H and O–H groups in total. The van der Waals surface area contributed by atoms with Gasteiger partial charge in [-0.05, 0) is 72.2 Å². The number of rotatable bonds is 6. The van der Waals surface area contributed by atoms with Gasteiger partial charge in [0.1, 0.15) is 0 Å². The van der Waals surface area contributed by atoms with E-state index in [1.54, 1.807) is 0 Å². The summed E-state index contributed by atoms with van der Waals surface area (Å²) in [6.45, 7) is 0. The highest BCUT2D eigenvalue weighted by molar-refractivity contribution is 5.41. The zero-order valence-electron chi connectivity index (χ0n) is 13.9. The lowest BCUT2D eigenvalue weighted by Gasteiger charge is -2.06. The molecule has 122 valence electrons. The Labute approximate surface area is 144 Å². The summed E-state index contributed by atoms with van der Waals surface area (Å²) in [5, 5.41) is 0. The molecule has 0 fully saturated rings. The normalized spacial score (nSPS) is 10.7. The molecule has 0 saturated carbocycles. The van der Waals surface area contributed by atoms with E-state index in [1.807, 2.05) is 24.3 Å². The summed E-state index contributed by atoms with van der Waals surface area (Å²) in [6, 6.07) is 25.2. The molecule has 0 aliphatic rings. The van der Waals surface area contributed by atoms with Crippen molar-refractivity contribution in [1.29, 1.82) is 0 Å². The van der Waals surface area contributed by atoms with Crippen molar-refractivity contribution < 1.29 is 0 Å². The van der Waals surface area contributed by atoms with Crippen LogP contribution in [0.1, 0.15) is 22.3 Å². The van der Waals surface area contributed by atoms with E-state index in [2.05, 4.69) is 48.5 Å². The van der Waals surface area contributed by atoms with Crippen LogP contribution in [0.15, 0.2) is 72.8 Å². The second-order valence-corrected chi connectivity index (χ2v) is 6.31. The summed E-state index contributed by atoms with van der Waals surface area (Å²) in [5.41, 5.74) is 18.7. The predicted octanol–water partition coefficient (Wildman–Crippen LogP) is 4.42. The molecule has 3 rings (SSSR count). The number of benzene rings is 3. The van der Waals surface area contributed by atoms with Crippen molar-refractivity contribution in [3.05, 3.63) is 95.1 Å². The van der Waals surface area contributed by atoms with Crippen molar-refractivity contribution >= 4 is 11.4 Å². The second-order valence-electron chi connectivity index (χ2n) is 6.31. The number of anilines is 2. The molecular weight excluding hydrogens is 292 g/mol. The number of hydrogen-bond acceptors (Lipinski definition) is 2. The van der Waals surface area contributed by atoms with Gasteiger partial charge in [-0.2, -0.15) is 0 Å². The van der Waals surface area contributed by atoms with E-state index in [0.717, 1.165) is 37.1 Å². The molecule has 24 heavy (non-hydrogen) atoms. The lowest BCUT2D eigenvalue weighted by Crippen LogP contribution is -1.95. The minimum atomic E-state index is 0.837. The van der Waals surface area contributed by atoms with Gasteiger partial charge in [0.05, 0.1) is 0 Å². The molecule has 3 aromatic carbocycles. The van der Waals surface area contributed by atoms with Gasteiger partial charge < -0.3 is 11.5 Å². The van der Waals surface area contributed by atoms with Crippen molar-refractivity contribution in [2.24, 2.45) is 0 Å². The molecule has 0 radical (unpaired) electrons. The van der Waals surface area contributed by atoms with E-state index in [0.29, 0.717) is 0 Å². The maximum atomic E-state index is 5.83. The molecule has 0 aliphatic heterocycles. The SMILES string of the molecule is Nc1cccc(CCc2ccc(CCc3cccc(N)c3)cc2)c1. The lowest BCUT2D eigenvalue weighted by atomic mass is 10.00. The summed E-state index contributed by atoms with van der Waals surface area (Å²) >= 11 is 0. The Balaban J connectivity index is 1.53.